The summed E-state index contributed by atoms with van der Waals surface area (Å²) in [5.41, 5.74) is 0.0609. The van der Waals surface area contributed by atoms with E-state index in [2.05, 4.69) is 0 Å². The molecule has 1 unspecified atom stereocenters. The van der Waals surface area contributed by atoms with Crippen molar-refractivity contribution < 1.29 is 21.6 Å². The molecule has 0 radical (unpaired) electrons. The first kappa shape index (κ1) is 14.9. The van der Waals surface area contributed by atoms with Crippen LogP contribution in [0.1, 0.15) is 13.8 Å². The smallest absolute Gasteiger partial charge is 0.242 e. The second-order valence-electron chi connectivity index (χ2n) is 4.40. The first-order valence-electron chi connectivity index (χ1n) is 5.71. The highest BCUT2D eigenvalue weighted by atomic mass is 32.2. The van der Waals surface area contributed by atoms with Crippen molar-refractivity contribution in [3.8, 4) is 0 Å². The predicted octanol–water partition coefficient (Wildman–Crippen LogP) is 0.582. The lowest BCUT2D eigenvalue weighted by Gasteiger charge is -2.12. The Labute approximate surface area is 117 Å². The van der Waals surface area contributed by atoms with E-state index in [0.29, 0.717) is 0 Å². The molecule has 1 heterocycles. The van der Waals surface area contributed by atoms with Crippen LogP contribution in [-0.4, -0.2) is 28.0 Å². The molecular weight excluding hydrogens is 302 g/mol. The van der Waals surface area contributed by atoms with E-state index in [9.17, 15) is 21.6 Å². The summed E-state index contributed by atoms with van der Waals surface area (Å²) < 4.78 is 50.2. The number of sulfone groups is 1. The Hall–Kier alpha value is -1.51. The van der Waals surface area contributed by atoms with E-state index in [-0.39, 0.29) is 15.4 Å². The van der Waals surface area contributed by atoms with Crippen LogP contribution < -0.4 is 4.72 Å². The fourth-order valence-electron chi connectivity index (χ4n) is 1.83. The fraction of sp³-hybridized carbons (Fsp3) is 0.250. The molecule has 2 rings (SSSR count). The van der Waals surface area contributed by atoms with Gasteiger partial charge in [0.2, 0.25) is 10.0 Å². The zero-order valence-electron chi connectivity index (χ0n) is 10.8. The van der Waals surface area contributed by atoms with Gasteiger partial charge in [0.15, 0.2) is 21.0 Å². The summed E-state index contributed by atoms with van der Waals surface area (Å²) in [6.07, 6.45) is 0. The Morgan fingerprint density at radius 2 is 1.65 bits per heavy atom. The Bertz CT molecular complexity index is 792. The van der Waals surface area contributed by atoms with E-state index in [1.165, 1.54) is 38.1 Å². The van der Waals surface area contributed by atoms with Gasteiger partial charge in [-0.05, 0) is 26.0 Å². The van der Waals surface area contributed by atoms with E-state index in [4.69, 9.17) is 0 Å². The summed E-state index contributed by atoms with van der Waals surface area (Å²) in [6, 6.07) is 7.29. The van der Waals surface area contributed by atoms with Crippen molar-refractivity contribution in [2.24, 2.45) is 0 Å². The molecule has 1 aromatic carbocycles. The minimum Gasteiger partial charge on any atom is -0.291 e. The summed E-state index contributed by atoms with van der Waals surface area (Å²) >= 11 is 0. The number of rotatable bonds is 3. The van der Waals surface area contributed by atoms with E-state index in [1.807, 2.05) is 4.72 Å². The summed E-state index contributed by atoms with van der Waals surface area (Å²) in [5.74, 6) is -0.734. The van der Waals surface area contributed by atoms with Crippen LogP contribution in [0.4, 0.5) is 0 Å². The lowest BCUT2D eigenvalue weighted by Crippen LogP contribution is -2.43. The molecule has 20 heavy (non-hydrogen) atoms. The number of ketones is 1. The SMILES string of the molecule is CC1=C(C)S(=O)(=O)C(NS(=O)(=O)c2ccccc2)C1=O. The van der Waals surface area contributed by atoms with Crippen molar-refractivity contribution in [3.63, 3.8) is 0 Å². The van der Waals surface area contributed by atoms with Crippen molar-refractivity contribution in [1.29, 1.82) is 0 Å². The predicted molar refractivity (Wildman–Crippen MR) is 72.9 cm³/mol. The normalized spacial score (nSPS) is 22.3. The molecule has 1 aliphatic heterocycles. The summed E-state index contributed by atoms with van der Waals surface area (Å²) in [6.45, 7) is 2.66. The molecule has 1 atom stereocenters. The van der Waals surface area contributed by atoms with Crippen molar-refractivity contribution in [3.05, 3.63) is 40.8 Å². The van der Waals surface area contributed by atoms with Gasteiger partial charge in [0.05, 0.1) is 4.90 Å². The highest BCUT2D eigenvalue weighted by Crippen LogP contribution is 2.27. The molecule has 0 aliphatic carbocycles. The monoisotopic (exact) mass is 315 g/mol. The third-order valence-corrected chi connectivity index (χ3v) is 6.89. The molecule has 0 bridgehead atoms. The van der Waals surface area contributed by atoms with Gasteiger partial charge in [-0.15, -0.1) is 0 Å². The number of sulfonamides is 1. The minimum absolute atomic E-state index is 0.0609. The molecule has 0 saturated carbocycles. The largest absolute Gasteiger partial charge is 0.291 e. The third kappa shape index (κ3) is 2.30. The molecule has 1 aliphatic rings. The third-order valence-electron chi connectivity index (χ3n) is 3.19. The average Bonchev–Trinajstić information content (AvgIpc) is 2.55. The van der Waals surface area contributed by atoms with Crippen LogP contribution in [0.3, 0.4) is 0 Å². The molecule has 1 aromatic rings. The molecule has 8 heteroatoms. The molecule has 0 fully saturated rings. The molecule has 0 spiro atoms. The number of benzene rings is 1. The summed E-state index contributed by atoms with van der Waals surface area (Å²) in [5, 5.41) is -1.77. The van der Waals surface area contributed by atoms with Crippen molar-refractivity contribution >= 4 is 25.6 Å². The van der Waals surface area contributed by atoms with Crippen LogP contribution in [0.25, 0.3) is 0 Å². The van der Waals surface area contributed by atoms with E-state index in [1.54, 1.807) is 6.07 Å². The number of hydrogen-bond acceptors (Lipinski definition) is 5. The Balaban J connectivity index is 2.40. The quantitative estimate of drug-likeness (QED) is 0.880. The van der Waals surface area contributed by atoms with Gasteiger partial charge in [-0.3, -0.25) is 4.79 Å². The Morgan fingerprint density at radius 1 is 1.10 bits per heavy atom. The number of nitrogens with one attached hydrogen (secondary N) is 1. The summed E-state index contributed by atoms with van der Waals surface area (Å²) in [4.78, 5) is 11.7. The zero-order chi connectivity index (χ0) is 15.1. The first-order valence-corrected chi connectivity index (χ1v) is 8.74. The Morgan fingerprint density at radius 3 is 2.10 bits per heavy atom. The average molecular weight is 315 g/mol. The fourth-order valence-corrected chi connectivity index (χ4v) is 5.09. The molecule has 1 N–H and O–H groups in total. The summed E-state index contributed by atoms with van der Waals surface area (Å²) in [7, 11) is -8.04. The van der Waals surface area contributed by atoms with E-state index >= 15 is 0 Å². The standard InChI is InChI=1S/C12H13NO5S2/c1-8-9(2)19(15,16)12(11(8)14)13-20(17,18)10-6-4-3-5-7-10/h3-7,12-13H,1-2H3. The molecule has 0 amide bonds. The number of allylic oxidation sites excluding steroid dienone is 1. The van der Waals surface area contributed by atoms with Gasteiger partial charge in [0, 0.05) is 10.5 Å². The zero-order valence-corrected chi connectivity index (χ0v) is 12.5. The molecule has 0 aromatic heterocycles. The van der Waals surface area contributed by atoms with Crippen molar-refractivity contribution in [2.75, 3.05) is 0 Å². The van der Waals surface area contributed by atoms with Gasteiger partial charge in [-0.2, -0.15) is 4.72 Å². The van der Waals surface area contributed by atoms with Crippen molar-refractivity contribution in [2.45, 2.75) is 24.1 Å². The van der Waals surface area contributed by atoms with Crippen molar-refractivity contribution in [1.82, 2.24) is 4.72 Å². The number of Topliss-reactive ketones (excluding diaryl/α,β-unsaturated/α-hetero) is 1. The maximum absolute atomic E-state index is 12.1. The molecule has 0 saturated heterocycles. The van der Waals surface area contributed by atoms with Gasteiger partial charge in [-0.25, -0.2) is 16.8 Å². The second-order valence-corrected chi connectivity index (χ2v) is 8.29. The second kappa shape index (κ2) is 4.80. The maximum atomic E-state index is 12.1. The lowest BCUT2D eigenvalue weighted by molar-refractivity contribution is -0.115. The number of carbonyl (C=O) groups excluding carboxylic acids is 1. The molecule has 6 nitrogen and oxygen atoms in total. The first-order chi connectivity index (χ1) is 9.18. The van der Waals surface area contributed by atoms with Gasteiger partial charge in [0.1, 0.15) is 0 Å². The molecule has 108 valence electrons. The van der Waals surface area contributed by atoms with Crippen LogP contribution >= 0.6 is 0 Å². The van der Waals surface area contributed by atoms with E-state index in [0.717, 1.165) is 0 Å². The van der Waals surface area contributed by atoms with Crippen LogP contribution in [0.2, 0.25) is 0 Å². The number of carbonyl (C=O) groups is 1. The lowest BCUT2D eigenvalue weighted by atomic mass is 10.2. The van der Waals surface area contributed by atoms with Crippen LogP contribution in [0.5, 0.6) is 0 Å². The Kier molecular flexibility index (Phi) is 3.57. The van der Waals surface area contributed by atoms with Gasteiger partial charge >= 0.3 is 0 Å². The van der Waals surface area contributed by atoms with Gasteiger partial charge in [-0.1, -0.05) is 18.2 Å². The number of hydrogen-bond donors (Lipinski definition) is 1. The minimum atomic E-state index is -4.07. The topological polar surface area (TPSA) is 97.4 Å². The van der Waals surface area contributed by atoms with Gasteiger partial charge < -0.3 is 0 Å². The maximum Gasteiger partial charge on any atom is 0.242 e. The van der Waals surface area contributed by atoms with Crippen LogP contribution in [0.15, 0.2) is 45.7 Å². The highest BCUT2D eigenvalue weighted by Gasteiger charge is 2.44. The highest BCUT2D eigenvalue weighted by molar-refractivity contribution is 7.98. The van der Waals surface area contributed by atoms with Crippen LogP contribution in [0, 0.1) is 0 Å². The van der Waals surface area contributed by atoms with Gasteiger partial charge in [0.25, 0.3) is 0 Å². The van der Waals surface area contributed by atoms with E-state index < -0.39 is 31.0 Å². The van der Waals surface area contributed by atoms with Crippen LogP contribution in [-0.2, 0) is 24.7 Å². The molecular formula is C12H13NO5S2.